The van der Waals surface area contributed by atoms with Gasteiger partial charge in [-0.1, -0.05) is 24.3 Å². The van der Waals surface area contributed by atoms with Gasteiger partial charge in [0.05, 0.1) is 0 Å². The predicted octanol–water partition coefficient (Wildman–Crippen LogP) is 2.73. The van der Waals surface area contributed by atoms with Crippen molar-refractivity contribution in [1.82, 2.24) is 4.90 Å². The van der Waals surface area contributed by atoms with Crippen LogP contribution in [0.15, 0.2) is 36.1 Å². The molecule has 66 valence electrons. The lowest BCUT2D eigenvalue weighted by molar-refractivity contribution is 0.411. The van der Waals surface area contributed by atoms with Crippen molar-refractivity contribution in [1.29, 1.82) is 0 Å². The van der Waals surface area contributed by atoms with Crippen molar-refractivity contribution in [3.63, 3.8) is 0 Å². The highest BCUT2D eigenvalue weighted by molar-refractivity contribution is 5.15. The molecule has 1 rings (SSSR count). The van der Waals surface area contributed by atoms with Crippen LogP contribution in [0, 0.1) is 0 Å². The standard InChI is InChI=1S/C11H17N/c1-11-9-7-5-3-4-6-8-10-12(11)2/h3-5,7,9H,6,8,10H2,1-2H3/b4-3+,7-5-,11-9+. The van der Waals surface area contributed by atoms with Crippen LogP contribution in [0.4, 0.5) is 0 Å². The molecule has 0 fully saturated rings. The zero-order chi connectivity index (χ0) is 8.81. The highest BCUT2D eigenvalue weighted by Crippen LogP contribution is 2.04. The van der Waals surface area contributed by atoms with Crippen molar-refractivity contribution >= 4 is 0 Å². The molecule has 0 saturated heterocycles. The van der Waals surface area contributed by atoms with E-state index < -0.39 is 0 Å². The molecular weight excluding hydrogens is 146 g/mol. The van der Waals surface area contributed by atoms with E-state index in [9.17, 15) is 0 Å². The summed E-state index contributed by atoms with van der Waals surface area (Å²) < 4.78 is 0. The van der Waals surface area contributed by atoms with Crippen LogP contribution in [0.3, 0.4) is 0 Å². The van der Waals surface area contributed by atoms with Crippen molar-refractivity contribution in [3.8, 4) is 0 Å². The molecule has 1 nitrogen and oxygen atoms in total. The van der Waals surface area contributed by atoms with Crippen LogP contribution >= 0.6 is 0 Å². The molecule has 0 aliphatic carbocycles. The molecule has 1 heterocycles. The van der Waals surface area contributed by atoms with E-state index >= 15 is 0 Å². The number of hydrogen-bond acceptors (Lipinski definition) is 1. The van der Waals surface area contributed by atoms with E-state index in [1.807, 2.05) is 0 Å². The minimum Gasteiger partial charge on any atom is -0.378 e. The molecular formula is C11H17N. The molecule has 0 spiro atoms. The monoisotopic (exact) mass is 163 g/mol. The molecule has 1 aliphatic rings. The van der Waals surface area contributed by atoms with Gasteiger partial charge in [0, 0.05) is 19.3 Å². The fourth-order valence-electron chi connectivity index (χ4n) is 1.18. The summed E-state index contributed by atoms with van der Waals surface area (Å²) in [5.74, 6) is 0. The normalized spacial score (nSPS) is 28.8. The predicted molar refractivity (Wildman–Crippen MR) is 53.9 cm³/mol. The summed E-state index contributed by atoms with van der Waals surface area (Å²) >= 11 is 0. The Morgan fingerprint density at radius 3 is 2.92 bits per heavy atom. The molecule has 0 aromatic carbocycles. The Hall–Kier alpha value is -0.980. The maximum Gasteiger partial charge on any atom is 0.0174 e. The molecule has 0 radical (unpaired) electrons. The Balaban J connectivity index is 2.64. The third kappa shape index (κ3) is 2.95. The number of rotatable bonds is 0. The van der Waals surface area contributed by atoms with Gasteiger partial charge in [0.15, 0.2) is 0 Å². The topological polar surface area (TPSA) is 3.24 Å². The minimum absolute atomic E-state index is 1.15. The van der Waals surface area contributed by atoms with Gasteiger partial charge in [-0.25, -0.2) is 0 Å². The summed E-state index contributed by atoms with van der Waals surface area (Å²) in [7, 11) is 2.14. The van der Waals surface area contributed by atoms with Crippen LogP contribution in [-0.4, -0.2) is 18.5 Å². The van der Waals surface area contributed by atoms with Crippen LogP contribution in [0.5, 0.6) is 0 Å². The van der Waals surface area contributed by atoms with Crippen LogP contribution in [0.2, 0.25) is 0 Å². The molecule has 0 N–H and O–H groups in total. The van der Waals surface area contributed by atoms with Gasteiger partial charge in [-0.05, 0) is 25.8 Å². The summed E-state index contributed by atoms with van der Waals surface area (Å²) in [6, 6.07) is 0. The Labute approximate surface area is 75.1 Å². The largest absolute Gasteiger partial charge is 0.378 e. The maximum absolute atomic E-state index is 2.30. The summed E-state index contributed by atoms with van der Waals surface area (Å²) in [5, 5.41) is 0. The molecule has 0 aromatic heterocycles. The van der Waals surface area contributed by atoms with E-state index in [0.717, 1.165) is 6.54 Å². The van der Waals surface area contributed by atoms with E-state index in [0.29, 0.717) is 0 Å². The van der Waals surface area contributed by atoms with Gasteiger partial charge in [0.25, 0.3) is 0 Å². The molecule has 1 aliphatic heterocycles. The van der Waals surface area contributed by atoms with Gasteiger partial charge in [-0.3, -0.25) is 0 Å². The highest BCUT2D eigenvalue weighted by atomic mass is 15.1. The van der Waals surface area contributed by atoms with E-state index in [-0.39, 0.29) is 0 Å². The van der Waals surface area contributed by atoms with Crippen LogP contribution in [0.25, 0.3) is 0 Å². The average molecular weight is 163 g/mol. The summed E-state index contributed by atoms with van der Waals surface area (Å²) in [6.07, 6.45) is 13.1. The first kappa shape index (κ1) is 9.11. The van der Waals surface area contributed by atoms with Gasteiger partial charge < -0.3 is 4.90 Å². The van der Waals surface area contributed by atoms with E-state index in [1.54, 1.807) is 0 Å². The molecule has 1 heteroatoms. The summed E-state index contributed by atoms with van der Waals surface area (Å²) in [5.41, 5.74) is 1.33. The molecule has 12 heavy (non-hydrogen) atoms. The van der Waals surface area contributed by atoms with Crippen LogP contribution < -0.4 is 0 Å². The molecule has 0 atom stereocenters. The first-order chi connectivity index (χ1) is 5.80. The van der Waals surface area contributed by atoms with E-state index in [4.69, 9.17) is 0 Å². The van der Waals surface area contributed by atoms with Crippen molar-refractivity contribution < 1.29 is 0 Å². The second-order valence-corrected chi connectivity index (χ2v) is 3.18. The molecule has 0 unspecified atom stereocenters. The zero-order valence-electron chi connectivity index (χ0n) is 7.96. The molecule has 0 amide bonds. The zero-order valence-corrected chi connectivity index (χ0v) is 7.96. The second-order valence-electron chi connectivity index (χ2n) is 3.18. The number of nitrogens with zero attached hydrogens (tertiary/aromatic N) is 1. The maximum atomic E-state index is 2.30. The third-order valence-corrected chi connectivity index (χ3v) is 2.16. The summed E-state index contributed by atoms with van der Waals surface area (Å²) in [6.45, 7) is 3.30. The third-order valence-electron chi connectivity index (χ3n) is 2.16. The lowest BCUT2D eigenvalue weighted by Gasteiger charge is -2.19. The second kappa shape index (κ2) is 4.81. The SMILES string of the molecule is C\C1=C/C=C\C=C\CCCN1C. The van der Waals surface area contributed by atoms with Gasteiger partial charge in [-0.2, -0.15) is 0 Å². The average Bonchev–Trinajstić information content (AvgIpc) is 2.08. The van der Waals surface area contributed by atoms with E-state index in [2.05, 4.69) is 49.3 Å². The Morgan fingerprint density at radius 1 is 1.25 bits per heavy atom. The number of allylic oxidation sites excluding steroid dienone is 6. The van der Waals surface area contributed by atoms with Crippen LogP contribution in [0.1, 0.15) is 19.8 Å². The highest BCUT2D eigenvalue weighted by Gasteiger charge is 1.96. The molecule has 0 bridgehead atoms. The fourth-order valence-corrected chi connectivity index (χ4v) is 1.18. The Morgan fingerprint density at radius 2 is 2.08 bits per heavy atom. The molecule has 0 aromatic rings. The van der Waals surface area contributed by atoms with Gasteiger partial charge >= 0.3 is 0 Å². The Kier molecular flexibility index (Phi) is 3.65. The van der Waals surface area contributed by atoms with Gasteiger partial charge in [0.2, 0.25) is 0 Å². The minimum atomic E-state index is 1.15. The first-order valence-electron chi connectivity index (χ1n) is 4.52. The fraction of sp³-hybridized carbons (Fsp3) is 0.455. The van der Waals surface area contributed by atoms with Crippen molar-refractivity contribution in [2.45, 2.75) is 19.8 Å². The van der Waals surface area contributed by atoms with Crippen molar-refractivity contribution in [3.05, 3.63) is 36.1 Å². The molecule has 0 saturated carbocycles. The van der Waals surface area contributed by atoms with Gasteiger partial charge in [0.1, 0.15) is 0 Å². The van der Waals surface area contributed by atoms with Gasteiger partial charge in [-0.15, -0.1) is 0 Å². The smallest absolute Gasteiger partial charge is 0.0174 e. The van der Waals surface area contributed by atoms with E-state index in [1.165, 1.54) is 18.5 Å². The summed E-state index contributed by atoms with van der Waals surface area (Å²) in [4.78, 5) is 2.30. The van der Waals surface area contributed by atoms with Crippen molar-refractivity contribution in [2.24, 2.45) is 0 Å². The van der Waals surface area contributed by atoms with Crippen LogP contribution in [-0.2, 0) is 0 Å². The Bertz CT molecular complexity index is 211. The number of hydrogen-bond donors (Lipinski definition) is 0. The lowest BCUT2D eigenvalue weighted by Crippen LogP contribution is -2.17. The van der Waals surface area contributed by atoms with Crippen molar-refractivity contribution in [2.75, 3.05) is 13.6 Å². The lowest BCUT2D eigenvalue weighted by atomic mass is 10.2. The first-order valence-corrected chi connectivity index (χ1v) is 4.52. The quantitative estimate of drug-likeness (QED) is 0.530.